The molecule has 2 aliphatic rings. The van der Waals surface area contributed by atoms with Crippen LogP contribution in [0.1, 0.15) is 25.7 Å². The monoisotopic (exact) mass is 421 g/mol. The van der Waals surface area contributed by atoms with Gasteiger partial charge >= 0.3 is 0 Å². The zero-order valence-corrected chi connectivity index (χ0v) is 17.9. The third-order valence-corrected chi connectivity index (χ3v) is 6.46. The first-order valence-corrected chi connectivity index (χ1v) is 11.1. The SMILES string of the molecule is Bc1cnn2c(NCC3CCCN(C(=O)C4CC4)C3)cc(-c3ccccc3Cl)nc12. The van der Waals surface area contributed by atoms with Crippen molar-refractivity contribution in [1.82, 2.24) is 19.5 Å². The average Bonchev–Trinajstić information content (AvgIpc) is 3.55. The summed E-state index contributed by atoms with van der Waals surface area (Å²) in [6, 6.07) is 9.77. The molecule has 3 aromatic rings. The lowest BCUT2D eigenvalue weighted by Gasteiger charge is -2.33. The van der Waals surface area contributed by atoms with E-state index in [4.69, 9.17) is 16.6 Å². The number of nitrogens with zero attached hydrogens (tertiary/aromatic N) is 4. The van der Waals surface area contributed by atoms with Crippen molar-refractivity contribution in [1.29, 1.82) is 0 Å². The number of nitrogens with one attached hydrogen (secondary N) is 1. The molecule has 1 atom stereocenters. The van der Waals surface area contributed by atoms with Crippen LogP contribution in [-0.2, 0) is 4.79 Å². The first-order chi connectivity index (χ1) is 14.6. The summed E-state index contributed by atoms with van der Waals surface area (Å²) >= 11 is 6.43. The van der Waals surface area contributed by atoms with Crippen molar-refractivity contribution in [3.05, 3.63) is 41.6 Å². The minimum atomic E-state index is 0.293. The van der Waals surface area contributed by atoms with Gasteiger partial charge in [-0.05, 0) is 43.1 Å². The molecule has 1 saturated carbocycles. The van der Waals surface area contributed by atoms with Gasteiger partial charge < -0.3 is 10.2 Å². The van der Waals surface area contributed by atoms with Crippen LogP contribution in [-0.4, -0.2) is 52.9 Å². The first-order valence-electron chi connectivity index (χ1n) is 10.7. The molecular weight excluding hydrogens is 397 g/mol. The summed E-state index contributed by atoms with van der Waals surface area (Å²) in [5.41, 5.74) is 3.58. The highest BCUT2D eigenvalue weighted by atomic mass is 35.5. The molecule has 1 aliphatic heterocycles. The molecule has 8 heteroatoms. The summed E-state index contributed by atoms with van der Waals surface area (Å²) in [6.45, 7) is 2.54. The number of aromatic nitrogens is 3. The molecule has 0 radical (unpaired) electrons. The van der Waals surface area contributed by atoms with Crippen LogP contribution in [0.25, 0.3) is 16.9 Å². The Morgan fingerprint density at radius 2 is 2.10 bits per heavy atom. The molecule has 2 aromatic heterocycles. The van der Waals surface area contributed by atoms with Gasteiger partial charge in [-0.3, -0.25) is 4.79 Å². The zero-order chi connectivity index (χ0) is 20.7. The largest absolute Gasteiger partial charge is 0.370 e. The predicted molar refractivity (Wildman–Crippen MR) is 122 cm³/mol. The Morgan fingerprint density at radius 1 is 1.27 bits per heavy atom. The lowest BCUT2D eigenvalue weighted by Crippen LogP contribution is -2.42. The molecule has 154 valence electrons. The molecule has 1 unspecified atom stereocenters. The number of rotatable bonds is 5. The fourth-order valence-electron chi connectivity index (χ4n) is 4.27. The number of anilines is 1. The van der Waals surface area contributed by atoms with E-state index < -0.39 is 0 Å². The summed E-state index contributed by atoms with van der Waals surface area (Å²) in [7, 11) is 2.01. The number of hydrogen-bond acceptors (Lipinski definition) is 4. The molecule has 6 nitrogen and oxygen atoms in total. The van der Waals surface area contributed by atoms with E-state index in [1.807, 2.05) is 48.9 Å². The van der Waals surface area contributed by atoms with Crippen molar-refractivity contribution in [2.45, 2.75) is 25.7 Å². The average molecular weight is 422 g/mol. The summed E-state index contributed by atoms with van der Waals surface area (Å²) < 4.78 is 1.85. The van der Waals surface area contributed by atoms with Crippen LogP contribution in [0, 0.1) is 11.8 Å². The van der Waals surface area contributed by atoms with Crippen LogP contribution in [0.4, 0.5) is 5.82 Å². The van der Waals surface area contributed by atoms with Gasteiger partial charge in [0.05, 0.1) is 5.69 Å². The second-order valence-electron chi connectivity index (χ2n) is 8.52. The van der Waals surface area contributed by atoms with Crippen LogP contribution in [0.15, 0.2) is 36.5 Å². The van der Waals surface area contributed by atoms with Crippen LogP contribution in [0.5, 0.6) is 0 Å². The molecule has 1 N–H and O–H groups in total. The quantitative estimate of drug-likeness (QED) is 0.643. The van der Waals surface area contributed by atoms with Gasteiger partial charge in [-0.2, -0.15) is 9.61 Å². The predicted octanol–water partition coefficient (Wildman–Crippen LogP) is 2.37. The lowest BCUT2D eigenvalue weighted by atomic mass is 9.97. The number of amides is 1. The fraction of sp³-hybridized carbons (Fsp3) is 0.409. The van der Waals surface area contributed by atoms with Crippen LogP contribution in [0.2, 0.25) is 5.02 Å². The van der Waals surface area contributed by atoms with Gasteiger partial charge in [0, 0.05) is 48.4 Å². The van der Waals surface area contributed by atoms with E-state index in [2.05, 4.69) is 15.3 Å². The van der Waals surface area contributed by atoms with Crippen molar-refractivity contribution in [2.24, 2.45) is 11.8 Å². The number of carbonyl (C=O) groups excluding carboxylic acids is 1. The Kier molecular flexibility index (Phi) is 5.15. The van der Waals surface area contributed by atoms with E-state index in [-0.39, 0.29) is 0 Å². The van der Waals surface area contributed by atoms with Gasteiger partial charge in [0.1, 0.15) is 13.7 Å². The van der Waals surface area contributed by atoms with Crippen LogP contribution >= 0.6 is 11.6 Å². The molecule has 2 fully saturated rings. The highest BCUT2D eigenvalue weighted by Crippen LogP contribution is 2.33. The fourth-order valence-corrected chi connectivity index (χ4v) is 4.51. The molecule has 3 heterocycles. The number of piperidine rings is 1. The second kappa shape index (κ2) is 7.95. The van der Waals surface area contributed by atoms with Crippen molar-refractivity contribution in [3.8, 4) is 11.3 Å². The Balaban J connectivity index is 1.38. The van der Waals surface area contributed by atoms with Crippen molar-refractivity contribution in [3.63, 3.8) is 0 Å². The normalized spacial score (nSPS) is 19.2. The maximum Gasteiger partial charge on any atom is 0.225 e. The van der Waals surface area contributed by atoms with Crippen LogP contribution in [0.3, 0.4) is 0 Å². The maximum atomic E-state index is 12.5. The Hall–Kier alpha value is -2.54. The highest BCUT2D eigenvalue weighted by Gasteiger charge is 2.35. The number of halogens is 1. The smallest absolute Gasteiger partial charge is 0.225 e. The number of likely N-dealkylation sites (tertiary alicyclic amines) is 1. The molecule has 1 amide bonds. The topological polar surface area (TPSA) is 62.5 Å². The van der Waals surface area contributed by atoms with E-state index in [0.717, 1.165) is 73.5 Å². The van der Waals surface area contributed by atoms with E-state index in [1.54, 1.807) is 0 Å². The highest BCUT2D eigenvalue weighted by molar-refractivity contribution is 6.36. The zero-order valence-electron chi connectivity index (χ0n) is 17.1. The molecule has 1 saturated heterocycles. The Morgan fingerprint density at radius 3 is 2.90 bits per heavy atom. The maximum absolute atomic E-state index is 12.5. The molecule has 0 spiro atoms. The van der Waals surface area contributed by atoms with Gasteiger partial charge in [-0.25, -0.2) is 4.98 Å². The van der Waals surface area contributed by atoms with Gasteiger partial charge in [0.25, 0.3) is 0 Å². The first kappa shape index (κ1) is 19.4. The molecule has 5 rings (SSSR count). The van der Waals surface area contributed by atoms with E-state index in [0.29, 0.717) is 22.8 Å². The number of fused-ring (bicyclic) bond motifs is 1. The lowest BCUT2D eigenvalue weighted by molar-refractivity contribution is -0.134. The van der Waals surface area contributed by atoms with E-state index in [9.17, 15) is 4.79 Å². The minimum absolute atomic E-state index is 0.293. The van der Waals surface area contributed by atoms with Gasteiger partial charge in [-0.1, -0.05) is 29.8 Å². The van der Waals surface area contributed by atoms with Crippen molar-refractivity contribution >= 4 is 42.3 Å². The van der Waals surface area contributed by atoms with E-state index in [1.165, 1.54) is 0 Å². The Bertz CT molecular complexity index is 1100. The summed E-state index contributed by atoms with van der Waals surface area (Å²) in [6.07, 6.45) is 6.17. The van der Waals surface area contributed by atoms with Gasteiger partial charge in [0.15, 0.2) is 5.65 Å². The molecule has 1 aromatic carbocycles. The molecule has 0 bridgehead atoms. The summed E-state index contributed by atoms with van der Waals surface area (Å²) in [5.74, 6) is 1.98. The van der Waals surface area contributed by atoms with Gasteiger partial charge in [-0.15, -0.1) is 0 Å². The molecule has 1 aliphatic carbocycles. The standard InChI is InChI=1S/C22H25BClN5O/c23-17-12-26-29-20(10-19(27-21(17)29)16-5-1-2-6-18(16)24)25-11-14-4-3-9-28(13-14)22(30)15-7-8-15/h1-2,5-6,10,12,14-15,25H,3-4,7-9,11,13,23H2. The Labute approximate surface area is 182 Å². The van der Waals surface area contributed by atoms with Crippen molar-refractivity contribution in [2.75, 3.05) is 25.0 Å². The van der Waals surface area contributed by atoms with Crippen LogP contribution < -0.4 is 10.8 Å². The number of benzene rings is 1. The van der Waals surface area contributed by atoms with E-state index >= 15 is 0 Å². The minimum Gasteiger partial charge on any atom is -0.370 e. The van der Waals surface area contributed by atoms with Crippen molar-refractivity contribution < 1.29 is 4.79 Å². The number of hydrogen-bond donors (Lipinski definition) is 1. The summed E-state index contributed by atoms with van der Waals surface area (Å²) in [5, 5.41) is 8.77. The molecule has 30 heavy (non-hydrogen) atoms. The second-order valence-corrected chi connectivity index (χ2v) is 8.92. The third-order valence-electron chi connectivity index (χ3n) is 6.13. The number of carbonyl (C=O) groups is 1. The van der Waals surface area contributed by atoms with Gasteiger partial charge in [0.2, 0.25) is 5.91 Å². The summed E-state index contributed by atoms with van der Waals surface area (Å²) in [4.78, 5) is 19.3. The third kappa shape index (κ3) is 3.78. The molecular formula is C22H25BClN5O.